The molecule has 19 heavy (non-hydrogen) atoms. The maximum atomic E-state index is 6.32. The third-order valence-electron chi connectivity index (χ3n) is 4.81. The molecular formula is C16H23ClN2. The predicted molar refractivity (Wildman–Crippen MR) is 78.7 cm³/mol. The Labute approximate surface area is 121 Å². The van der Waals surface area contributed by atoms with Crippen LogP contribution in [0.25, 0.3) is 0 Å². The molecule has 1 heterocycles. The minimum Gasteiger partial charge on any atom is -0.237 e. The molecule has 2 nitrogen and oxygen atoms in total. The second kappa shape index (κ2) is 5.78. The average Bonchev–Trinajstić information content (AvgIpc) is 2.89. The summed E-state index contributed by atoms with van der Waals surface area (Å²) in [5.41, 5.74) is 2.44. The molecule has 0 bridgehead atoms. The van der Waals surface area contributed by atoms with E-state index in [0.29, 0.717) is 5.92 Å². The minimum absolute atomic E-state index is 0.552. The van der Waals surface area contributed by atoms with E-state index in [1.54, 1.807) is 0 Å². The first-order valence-corrected chi connectivity index (χ1v) is 8.21. The maximum absolute atomic E-state index is 6.32. The summed E-state index contributed by atoms with van der Waals surface area (Å²) in [5, 5.41) is 0.730. The van der Waals surface area contributed by atoms with E-state index in [1.165, 1.54) is 56.2 Å². The van der Waals surface area contributed by atoms with Crippen molar-refractivity contribution in [3.05, 3.63) is 22.2 Å². The molecule has 104 valence electrons. The van der Waals surface area contributed by atoms with Gasteiger partial charge in [-0.2, -0.15) is 0 Å². The van der Waals surface area contributed by atoms with Gasteiger partial charge in [0, 0.05) is 17.2 Å². The van der Waals surface area contributed by atoms with Crippen LogP contribution in [0.5, 0.6) is 0 Å². The van der Waals surface area contributed by atoms with Crippen LogP contribution in [0.15, 0.2) is 0 Å². The fraction of sp³-hybridized carbons (Fsp3) is 0.750. The van der Waals surface area contributed by atoms with Crippen molar-refractivity contribution in [1.82, 2.24) is 9.97 Å². The number of aryl methyl sites for hydroxylation is 1. The Balaban J connectivity index is 1.72. The molecule has 2 aliphatic rings. The number of fused-ring (bicyclic) bond motifs is 1. The largest absolute Gasteiger partial charge is 0.237 e. The second-order valence-electron chi connectivity index (χ2n) is 6.16. The lowest BCUT2D eigenvalue weighted by Gasteiger charge is -2.27. The molecule has 0 aliphatic heterocycles. The van der Waals surface area contributed by atoms with Crippen molar-refractivity contribution in [2.24, 2.45) is 5.92 Å². The summed E-state index contributed by atoms with van der Waals surface area (Å²) >= 11 is 6.32. The summed E-state index contributed by atoms with van der Waals surface area (Å²) in [7, 11) is 0. The molecule has 1 aromatic heterocycles. The Hall–Kier alpha value is -0.630. The van der Waals surface area contributed by atoms with E-state index in [9.17, 15) is 0 Å². The van der Waals surface area contributed by atoms with Crippen molar-refractivity contribution in [2.75, 3.05) is 0 Å². The minimum atomic E-state index is 0.552. The SMILES string of the molecule is CCCC1CCC(c2nc(Cl)c3c(n2)CCC3)CC1. The molecule has 1 fully saturated rings. The smallest absolute Gasteiger partial charge is 0.136 e. The van der Waals surface area contributed by atoms with Crippen molar-refractivity contribution in [3.8, 4) is 0 Å². The Morgan fingerprint density at radius 1 is 1.11 bits per heavy atom. The van der Waals surface area contributed by atoms with E-state index in [2.05, 4.69) is 11.9 Å². The highest BCUT2D eigenvalue weighted by Gasteiger charge is 2.26. The van der Waals surface area contributed by atoms with E-state index in [4.69, 9.17) is 16.6 Å². The summed E-state index contributed by atoms with van der Waals surface area (Å²) < 4.78 is 0. The maximum Gasteiger partial charge on any atom is 0.136 e. The van der Waals surface area contributed by atoms with Crippen molar-refractivity contribution in [1.29, 1.82) is 0 Å². The first kappa shape index (κ1) is 13.4. The van der Waals surface area contributed by atoms with Gasteiger partial charge in [0.15, 0.2) is 0 Å². The molecule has 0 amide bonds. The van der Waals surface area contributed by atoms with E-state index < -0.39 is 0 Å². The van der Waals surface area contributed by atoms with E-state index >= 15 is 0 Å². The van der Waals surface area contributed by atoms with Gasteiger partial charge in [0.05, 0.1) is 0 Å². The normalized spacial score (nSPS) is 26.4. The molecular weight excluding hydrogens is 256 g/mol. The number of hydrogen-bond acceptors (Lipinski definition) is 2. The molecule has 1 aromatic rings. The molecule has 0 unspecified atom stereocenters. The molecule has 3 heteroatoms. The Morgan fingerprint density at radius 2 is 1.89 bits per heavy atom. The van der Waals surface area contributed by atoms with Crippen LogP contribution in [0.2, 0.25) is 5.15 Å². The third-order valence-corrected chi connectivity index (χ3v) is 5.12. The lowest BCUT2D eigenvalue weighted by molar-refractivity contribution is 0.302. The van der Waals surface area contributed by atoms with Gasteiger partial charge in [-0.15, -0.1) is 0 Å². The highest BCUT2D eigenvalue weighted by atomic mass is 35.5. The highest BCUT2D eigenvalue weighted by Crippen LogP contribution is 2.37. The van der Waals surface area contributed by atoms with Gasteiger partial charge in [-0.1, -0.05) is 31.4 Å². The summed E-state index contributed by atoms with van der Waals surface area (Å²) in [6.07, 6.45) is 11.2. The first-order valence-electron chi connectivity index (χ1n) is 7.83. The summed E-state index contributed by atoms with van der Waals surface area (Å²) in [4.78, 5) is 9.41. The monoisotopic (exact) mass is 278 g/mol. The molecule has 0 spiro atoms. The Bertz CT molecular complexity index is 450. The zero-order valence-electron chi connectivity index (χ0n) is 11.8. The molecule has 0 N–H and O–H groups in total. The fourth-order valence-corrected chi connectivity index (χ4v) is 4.00. The summed E-state index contributed by atoms with van der Waals surface area (Å²) in [6.45, 7) is 2.29. The van der Waals surface area contributed by atoms with Gasteiger partial charge in [-0.25, -0.2) is 9.97 Å². The lowest BCUT2D eigenvalue weighted by Crippen LogP contribution is -2.16. The van der Waals surface area contributed by atoms with Gasteiger partial charge in [0.25, 0.3) is 0 Å². The molecule has 0 radical (unpaired) electrons. The zero-order chi connectivity index (χ0) is 13.2. The number of aromatic nitrogens is 2. The van der Waals surface area contributed by atoms with Crippen LogP contribution in [0, 0.1) is 5.92 Å². The molecule has 1 saturated carbocycles. The van der Waals surface area contributed by atoms with Gasteiger partial charge in [-0.3, -0.25) is 0 Å². The molecule has 0 atom stereocenters. The summed E-state index contributed by atoms with van der Waals surface area (Å²) in [5.74, 6) is 2.52. The van der Waals surface area contributed by atoms with Gasteiger partial charge in [0.1, 0.15) is 11.0 Å². The Kier molecular flexibility index (Phi) is 4.07. The van der Waals surface area contributed by atoms with E-state index in [1.807, 2.05) is 0 Å². The van der Waals surface area contributed by atoms with Crippen molar-refractivity contribution in [2.45, 2.75) is 70.6 Å². The van der Waals surface area contributed by atoms with Crippen LogP contribution in [0.3, 0.4) is 0 Å². The van der Waals surface area contributed by atoms with Crippen LogP contribution in [0.1, 0.15) is 74.9 Å². The fourth-order valence-electron chi connectivity index (χ4n) is 3.70. The van der Waals surface area contributed by atoms with Crippen LogP contribution < -0.4 is 0 Å². The second-order valence-corrected chi connectivity index (χ2v) is 6.52. The third kappa shape index (κ3) is 2.79. The predicted octanol–water partition coefficient (Wildman–Crippen LogP) is 4.69. The number of nitrogens with zero attached hydrogens (tertiary/aromatic N) is 2. The van der Waals surface area contributed by atoms with Crippen LogP contribution in [0.4, 0.5) is 0 Å². The number of halogens is 1. The number of hydrogen-bond donors (Lipinski definition) is 0. The van der Waals surface area contributed by atoms with E-state index in [-0.39, 0.29) is 0 Å². The average molecular weight is 279 g/mol. The topological polar surface area (TPSA) is 25.8 Å². The molecule has 3 rings (SSSR count). The van der Waals surface area contributed by atoms with Gasteiger partial charge < -0.3 is 0 Å². The number of rotatable bonds is 3. The van der Waals surface area contributed by atoms with Gasteiger partial charge in [0.2, 0.25) is 0 Å². The van der Waals surface area contributed by atoms with Crippen LogP contribution >= 0.6 is 11.6 Å². The molecule has 0 saturated heterocycles. The van der Waals surface area contributed by atoms with Crippen LogP contribution in [-0.4, -0.2) is 9.97 Å². The standard InChI is InChI=1S/C16H23ClN2/c1-2-4-11-7-9-12(10-8-11)16-18-14-6-3-5-13(14)15(17)19-16/h11-12H,2-10H2,1H3. The van der Waals surface area contributed by atoms with Gasteiger partial charge in [-0.05, 0) is 50.9 Å². The first-order chi connectivity index (χ1) is 9.28. The lowest BCUT2D eigenvalue weighted by atomic mass is 9.80. The van der Waals surface area contributed by atoms with Crippen molar-refractivity contribution in [3.63, 3.8) is 0 Å². The summed E-state index contributed by atoms with van der Waals surface area (Å²) in [6, 6.07) is 0. The van der Waals surface area contributed by atoms with E-state index in [0.717, 1.165) is 29.7 Å². The zero-order valence-corrected chi connectivity index (χ0v) is 12.5. The van der Waals surface area contributed by atoms with Crippen molar-refractivity contribution < 1.29 is 0 Å². The van der Waals surface area contributed by atoms with Crippen LogP contribution in [-0.2, 0) is 12.8 Å². The molecule has 0 aromatic carbocycles. The molecule has 2 aliphatic carbocycles. The quantitative estimate of drug-likeness (QED) is 0.750. The highest BCUT2D eigenvalue weighted by molar-refractivity contribution is 6.30. The Morgan fingerprint density at radius 3 is 2.63 bits per heavy atom. The van der Waals surface area contributed by atoms with Gasteiger partial charge >= 0.3 is 0 Å². The van der Waals surface area contributed by atoms with Crippen molar-refractivity contribution >= 4 is 11.6 Å².